The monoisotopic (exact) mass is 272 g/mol. The second-order valence-electron chi connectivity index (χ2n) is 5.05. The SMILES string of the molecule is C[C@@H]1CN(C(=O)c2ccc(C#CCN)cc2)C[C@H](C)O1. The molecule has 1 fully saturated rings. The normalized spacial score (nSPS) is 22.1. The van der Waals surface area contributed by atoms with Crippen LogP contribution >= 0.6 is 0 Å². The Morgan fingerprint density at radius 2 is 1.90 bits per heavy atom. The zero-order chi connectivity index (χ0) is 14.5. The molecule has 1 aromatic carbocycles. The zero-order valence-electron chi connectivity index (χ0n) is 11.9. The van der Waals surface area contributed by atoms with Crippen molar-refractivity contribution < 1.29 is 9.53 Å². The summed E-state index contributed by atoms with van der Waals surface area (Å²) in [4.78, 5) is 14.3. The van der Waals surface area contributed by atoms with Crippen LogP contribution in [-0.2, 0) is 4.74 Å². The summed E-state index contributed by atoms with van der Waals surface area (Å²) in [7, 11) is 0. The highest BCUT2D eigenvalue weighted by atomic mass is 16.5. The van der Waals surface area contributed by atoms with Gasteiger partial charge in [0.15, 0.2) is 0 Å². The number of ether oxygens (including phenoxy) is 1. The van der Waals surface area contributed by atoms with E-state index in [4.69, 9.17) is 10.5 Å². The Balaban J connectivity index is 2.09. The van der Waals surface area contributed by atoms with Crippen LogP contribution in [0.2, 0.25) is 0 Å². The number of amides is 1. The Hall–Kier alpha value is -1.83. The number of carbonyl (C=O) groups is 1. The Morgan fingerprint density at radius 3 is 2.45 bits per heavy atom. The first-order valence-corrected chi connectivity index (χ1v) is 6.84. The smallest absolute Gasteiger partial charge is 0.254 e. The molecule has 2 N–H and O–H groups in total. The molecule has 4 heteroatoms. The number of benzene rings is 1. The van der Waals surface area contributed by atoms with Crippen LogP contribution in [0.4, 0.5) is 0 Å². The van der Waals surface area contributed by atoms with Gasteiger partial charge in [-0.3, -0.25) is 4.79 Å². The molecule has 0 aromatic heterocycles. The van der Waals surface area contributed by atoms with Crippen molar-refractivity contribution in [2.24, 2.45) is 5.73 Å². The predicted molar refractivity (Wildman–Crippen MR) is 78.3 cm³/mol. The van der Waals surface area contributed by atoms with Gasteiger partial charge in [-0.2, -0.15) is 0 Å². The van der Waals surface area contributed by atoms with Crippen molar-refractivity contribution in [3.63, 3.8) is 0 Å². The van der Waals surface area contributed by atoms with Crippen LogP contribution in [0, 0.1) is 11.8 Å². The average Bonchev–Trinajstić information content (AvgIpc) is 2.44. The Kier molecular flexibility index (Phi) is 4.78. The number of hydrogen-bond acceptors (Lipinski definition) is 3. The van der Waals surface area contributed by atoms with E-state index in [1.807, 2.05) is 43.0 Å². The number of nitrogens with two attached hydrogens (primary N) is 1. The fourth-order valence-corrected chi connectivity index (χ4v) is 2.38. The molecule has 1 aliphatic heterocycles. The van der Waals surface area contributed by atoms with Gasteiger partial charge in [-0.15, -0.1) is 0 Å². The van der Waals surface area contributed by atoms with E-state index in [0.717, 1.165) is 5.56 Å². The van der Waals surface area contributed by atoms with E-state index in [0.29, 0.717) is 25.2 Å². The first kappa shape index (κ1) is 14.6. The Labute approximate surface area is 119 Å². The highest BCUT2D eigenvalue weighted by molar-refractivity contribution is 5.94. The summed E-state index contributed by atoms with van der Waals surface area (Å²) in [6.45, 7) is 5.59. The van der Waals surface area contributed by atoms with Crippen LogP contribution in [0.25, 0.3) is 0 Å². The van der Waals surface area contributed by atoms with Crippen LogP contribution in [0.1, 0.15) is 29.8 Å². The molecule has 106 valence electrons. The maximum atomic E-state index is 12.4. The summed E-state index contributed by atoms with van der Waals surface area (Å²) in [6, 6.07) is 7.33. The van der Waals surface area contributed by atoms with Gasteiger partial charge in [0.25, 0.3) is 5.91 Å². The van der Waals surface area contributed by atoms with Gasteiger partial charge >= 0.3 is 0 Å². The third-order valence-electron chi connectivity index (χ3n) is 3.17. The van der Waals surface area contributed by atoms with Crippen molar-refractivity contribution in [1.82, 2.24) is 4.90 Å². The molecule has 0 aliphatic carbocycles. The minimum atomic E-state index is 0.0466. The number of morpholine rings is 1. The molecule has 1 aliphatic rings. The van der Waals surface area contributed by atoms with Gasteiger partial charge in [0, 0.05) is 24.2 Å². The highest BCUT2D eigenvalue weighted by Gasteiger charge is 2.26. The molecule has 1 heterocycles. The summed E-state index contributed by atoms with van der Waals surface area (Å²) < 4.78 is 5.64. The molecule has 0 unspecified atom stereocenters. The van der Waals surface area contributed by atoms with Gasteiger partial charge < -0.3 is 15.4 Å². The van der Waals surface area contributed by atoms with E-state index >= 15 is 0 Å². The summed E-state index contributed by atoms with van der Waals surface area (Å²) in [6.07, 6.45) is 0.162. The molecule has 1 amide bonds. The standard InChI is InChI=1S/C16H20N2O2/c1-12-10-18(11-13(2)20-12)16(19)15-7-5-14(6-8-15)4-3-9-17/h5-8,12-13H,9-11,17H2,1-2H3/t12-,13+. The predicted octanol–water partition coefficient (Wildman–Crippen LogP) is 1.25. The maximum Gasteiger partial charge on any atom is 0.254 e. The fourth-order valence-electron chi connectivity index (χ4n) is 2.38. The molecule has 0 bridgehead atoms. The van der Waals surface area contributed by atoms with Crippen LogP contribution in [0.3, 0.4) is 0 Å². The van der Waals surface area contributed by atoms with Gasteiger partial charge in [-0.1, -0.05) is 11.8 Å². The molecule has 4 nitrogen and oxygen atoms in total. The summed E-state index contributed by atoms with van der Waals surface area (Å²) in [5, 5.41) is 0. The summed E-state index contributed by atoms with van der Waals surface area (Å²) in [5.74, 6) is 5.78. The fraction of sp³-hybridized carbons (Fsp3) is 0.438. The zero-order valence-corrected chi connectivity index (χ0v) is 11.9. The molecule has 2 rings (SSSR count). The van der Waals surface area contributed by atoms with Crippen LogP contribution in [0.5, 0.6) is 0 Å². The van der Waals surface area contributed by atoms with E-state index in [1.165, 1.54) is 0 Å². The maximum absolute atomic E-state index is 12.4. The molecule has 20 heavy (non-hydrogen) atoms. The van der Waals surface area contributed by atoms with Gasteiger partial charge in [0.1, 0.15) is 0 Å². The van der Waals surface area contributed by atoms with Crippen molar-refractivity contribution in [1.29, 1.82) is 0 Å². The van der Waals surface area contributed by atoms with Crippen molar-refractivity contribution in [2.75, 3.05) is 19.6 Å². The van der Waals surface area contributed by atoms with Crippen LogP contribution in [-0.4, -0.2) is 42.6 Å². The topological polar surface area (TPSA) is 55.6 Å². The molecular formula is C16H20N2O2. The van der Waals surface area contributed by atoms with Crippen LogP contribution < -0.4 is 5.73 Å². The third kappa shape index (κ3) is 3.60. The Morgan fingerprint density at radius 1 is 1.30 bits per heavy atom. The van der Waals surface area contributed by atoms with Gasteiger partial charge in [-0.05, 0) is 38.1 Å². The second kappa shape index (κ2) is 6.56. The largest absolute Gasteiger partial charge is 0.372 e. The van der Waals surface area contributed by atoms with Gasteiger partial charge in [0.2, 0.25) is 0 Å². The van der Waals surface area contributed by atoms with E-state index in [1.54, 1.807) is 0 Å². The van der Waals surface area contributed by atoms with E-state index < -0.39 is 0 Å². The molecule has 1 saturated heterocycles. The first-order chi connectivity index (χ1) is 9.60. The molecule has 2 atom stereocenters. The first-order valence-electron chi connectivity index (χ1n) is 6.84. The minimum Gasteiger partial charge on any atom is -0.372 e. The second-order valence-corrected chi connectivity index (χ2v) is 5.05. The molecular weight excluding hydrogens is 252 g/mol. The summed E-state index contributed by atoms with van der Waals surface area (Å²) >= 11 is 0. The van der Waals surface area contributed by atoms with Gasteiger partial charge in [0.05, 0.1) is 18.8 Å². The van der Waals surface area contributed by atoms with E-state index in [-0.39, 0.29) is 18.1 Å². The lowest BCUT2D eigenvalue weighted by atomic mass is 10.1. The quantitative estimate of drug-likeness (QED) is 0.783. The van der Waals surface area contributed by atoms with Crippen LogP contribution in [0.15, 0.2) is 24.3 Å². The lowest BCUT2D eigenvalue weighted by molar-refractivity contribution is -0.0586. The van der Waals surface area contributed by atoms with Crippen molar-refractivity contribution in [2.45, 2.75) is 26.1 Å². The molecule has 0 radical (unpaired) electrons. The van der Waals surface area contributed by atoms with Crippen molar-refractivity contribution in [3.8, 4) is 11.8 Å². The minimum absolute atomic E-state index is 0.0466. The van der Waals surface area contributed by atoms with Crippen molar-refractivity contribution in [3.05, 3.63) is 35.4 Å². The number of nitrogens with zero attached hydrogens (tertiary/aromatic N) is 1. The third-order valence-corrected chi connectivity index (χ3v) is 3.17. The number of carbonyl (C=O) groups excluding carboxylic acids is 1. The molecule has 0 spiro atoms. The molecule has 1 aromatic rings. The number of rotatable bonds is 1. The number of hydrogen-bond donors (Lipinski definition) is 1. The lowest BCUT2D eigenvalue weighted by Gasteiger charge is -2.35. The van der Waals surface area contributed by atoms with E-state index in [9.17, 15) is 4.79 Å². The Bertz CT molecular complexity index is 518. The van der Waals surface area contributed by atoms with E-state index in [2.05, 4.69) is 11.8 Å². The lowest BCUT2D eigenvalue weighted by Crippen LogP contribution is -2.48. The average molecular weight is 272 g/mol. The van der Waals surface area contributed by atoms with Crippen molar-refractivity contribution >= 4 is 5.91 Å². The summed E-state index contributed by atoms with van der Waals surface area (Å²) in [5.41, 5.74) is 6.89. The van der Waals surface area contributed by atoms with Gasteiger partial charge in [-0.25, -0.2) is 0 Å². The molecule has 0 saturated carbocycles. The highest BCUT2D eigenvalue weighted by Crippen LogP contribution is 2.14.